The Hall–Kier alpha value is -2.49. The number of hydrogen-bond donors (Lipinski definition) is 0. The molecule has 4 aromatic carbocycles. The van der Waals surface area contributed by atoms with Crippen LogP contribution in [0.5, 0.6) is 0 Å². The van der Waals surface area contributed by atoms with Gasteiger partial charge in [0.05, 0.1) is 10.8 Å². The van der Waals surface area contributed by atoms with Gasteiger partial charge in [0.2, 0.25) is 16.7 Å². The zero-order valence-electron chi connectivity index (χ0n) is 17.7. The maximum absolute atomic E-state index is 3.73. The third-order valence-corrected chi connectivity index (χ3v) is 6.87. The number of hydrogen-bond acceptors (Lipinski definition) is 0. The minimum absolute atomic E-state index is 1.08. The minimum atomic E-state index is 1.08. The highest BCUT2D eigenvalue weighted by atomic mass is 79.9. The fourth-order valence-corrected chi connectivity index (χ4v) is 5.50. The van der Waals surface area contributed by atoms with Crippen LogP contribution in [0.3, 0.4) is 0 Å². The zero-order chi connectivity index (χ0) is 21.7. The monoisotopic (exact) mass is 530 g/mol. The molecule has 0 aliphatic heterocycles. The zero-order valence-corrected chi connectivity index (χ0v) is 20.9. The summed E-state index contributed by atoms with van der Waals surface area (Å²) in [6.07, 6.45) is 0. The van der Waals surface area contributed by atoms with Crippen LogP contribution in [0.4, 0.5) is 0 Å². The molecular weight excluding hydrogens is 510 g/mol. The Morgan fingerprint density at radius 2 is 1.10 bits per heavy atom. The lowest BCUT2D eigenvalue weighted by Crippen LogP contribution is -2.33. The van der Waals surface area contributed by atoms with Gasteiger partial charge in [0, 0.05) is 38.8 Å². The Morgan fingerprint density at radius 1 is 0.581 bits per heavy atom. The van der Waals surface area contributed by atoms with Crippen molar-refractivity contribution in [2.24, 2.45) is 0 Å². The minimum Gasteiger partial charge on any atom is -0.153 e. The van der Waals surface area contributed by atoms with E-state index in [-0.39, 0.29) is 0 Å². The van der Waals surface area contributed by atoms with Gasteiger partial charge in [-0.15, -0.1) is 0 Å². The van der Waals surface area contributed by atoms with Crippen LogP contribution in [0.2, 0.25) is 0 Å². The van der Waals surface area contributed by atoms with Crippen molar-refractivity contribution in [3.8, 4) is 16.8 Å². The van der Waals surface area contributed by atoms with Crippen LogP contribution < -0.4 is 4.57 Å². The molecule has 0 saturated heterocycles. The Kier molecular flexibility index (Phi) is 5.19. The van der Waals surface area contributed by atoms with Gasteiger partial charge in [-0.05, 0) is 61.7 Å². The SMILES string of the molecule is Cc1cc(C)c(-c2c3cc(Br)ccc3[n+](-c3ccccc3)c3ccc(Br)cc23)c(C)c1. The third kappa shape index (κ3) is 3.50. The maximum atomic E-state index is 3.73. The molecule has 5 aromatic rings. The molecule has 0 atom stereocenters. The normalized spacial score (nSPS) is 11.4. The average molecular weight is 532 g/mol. The highest BCUT2D eigenvalue weighted by Gasteiger charge is 2.25. The Labute approximate surface area is 199 Å². The van der Waals surface area contributed by atoms with Crippen LogP contribution in [-0.2, 0) is 0 Å². The van der Waals surface area contributed by atoms with Crippen molar-refractivity contribution in [1.29, 1.82) is 0 Å². The van der Waals surface area contributed by atoms with Gasteiger partial charge in [0.15, 0.2) is 0 Å². The van der Waals surface area contributed by atoms with Gasteiger partial charge in [0.25, 0.3) is 0 Å². The summed E-state index contributed by atoms with van der Waals surface area (Å²) in [7, 11) is 0. The van der Waals surface area contributed by atoms with E-state index in [1.807, 2.05) is 0 Å². The van der Waals surface area contributed by atoms with Crippen molar-refractivity contribution in [2.45, 2.75) is 20.8 Å². The van der Waals surface area contributed by atoms with Crippen molar-refractivity contribution in [2.75, 3.05) is 0 Å². The van der Waals surface area contributed by atoms with E-state index in [4.69, 9.17) is 0 Å². The highest BCUT2D eigenvalue weighted by Crippen LogP contribution is 2.40. The molecule has 1 nitrogen and oxygen atoms in total. The largest absolute Gasteiger partial charge is 0.219 e. The molecule has 0 aliphatic carbocycles. The standard InChI is InChI=1S/C28H22Br2N/c1-17-13-18(2)27(19(3)14-17)28-23-15-20(29)9-11-25(23)31(22-7-5-4-6-8-22)26-12-10-21(30)16-24(26)28/h4-16H,1-3H3/q+1. The second-order valence-electron chi connectivity index (χ2n) is 8.14. The van der Waals surface area contributed by atoms with E-state index >= 15 is 0 Å². The Bertz CT molecular complexity index is 1380. The molecule has 0 unspecified atom stereocenters. The lowest BCUT2D eigenvalue weighted by atomic mass is 9.89. The fraction of sp³-hybridized carbons (Fsp3) is 0.107. The van der Waals surface area contributed by atoms with Crippen LogP contribution >= 0.6 is 31.9 Å². The number of benzene rings is 4. The Balaban J connectivity index is 2.07. The van der Waals surface area contributed by atoms with Crippen LogP contribution in [0.1, 0.15) is 16.7 Å². The van der Waals surface area contributed by atoms with Gasteiger partial charge in [-0.3, -0.25) is 0 Å². The summed E-state index contributed by atoms with van der Waals surface area (Å²) in [6, 6.07) is 28.4. The molecular formula is C28H22Br2N+. The molecule has 31 heavy (non-hydrogen) atoms. The second-order valence-corrected chi connectivity index (χ2v) is 9.97. The third-order valence-electron chi connectivity index (χ3n) is 5.88. The molecule has 1 heterocycles. The number of para-hydroxylation sites is 1. The number of fused-ring (bicyclic) bond motifs is 2. The van der Waals surface area contributed by atoms with E-state index in [2.05, 4.69) is 136 Å². The van der Waals surface area contributed by atoms with Crippen molar-refractivity contribution in [3.05, 3.63) is 104 Å². The first-order valence-electron chi connectivity index (χ1n) is 10.3. The molecule has 0 aliphatic rings. The fourth-order valence-electron chi connectivity index (χ4n) is 4.78. The summed E-state index contributed by atoms with van der Waals surface area (Å²) < 4.78 is 4.53. The summed E-state index contributed by atoms with van der Waals surface area (Å²) in [4.78, 5) is 0. The van der Waals surface area contributed by atoms with Crippen LogP contribution in [0, 0.1) is 20.8 Å². The number of aromatic nitrogens is 1. The van der Waals surface area contributed by atoms with Crippen molar-refractivity contribution >= 4 is 53.7 Å². The molecule has 5 rings (SSSR count). The summed E-state index contributed by atoms with van der Waals surface area (Å²) in [5.74, 6) is 0. The molecule has 0 radical (unpaired) electrons. The lowest BCUT2D eigenvalue weighted by Gasteiger charge is -2.17. The van der Waals surface area contributed by atoms with Gasteiger partial charge in [-0.25, -0.2) is 0 Å². The molecule has 0 saturated carbocycles. The van der Waals surface area contributed by atoms with Gasteiger partial charge in [-0.2, -0.15) is 4.57 Å². The van der Waals surface area contributed by atoms with E-state index in [0.717, 1.165) is 14.6 Å². The van der Waals surface area contributed by atoms with Crippen LogP contribution in [0.25, 0.3) is 38.6 Å². The molecule has 0 N–H and O–H groups in total. The topological polar surface area (TPSA) is 3.88 Å². The molecule has 0 fully saturated rings. The predicted octanol–water partition coefficient (Wildman–Crippen LogP) is 8.39. The summed E-state index contributed by atoms with van der Waals surface area (Å²) in [6.45, 7) is 6.62. The predicted molar refractivity (Wildman–Crippen MR) is 138 cm³/mol. The number of aryl methyl sites for hydroxylation is 3. The number of pyridine rings is 1. The van der Waals surface area contributed by atoms with Crippen molar-refractivity contribution in [1.82, 2.24) is 0 Å². The molecule has 0 bridgehead atoms. The lowest BCUT2D eigenvalue weighted by molar-refractivity contribution is -0.537. The van der Waals surface area contributed by atoms with Gasteiger partial charge in [0.1, 0.15) is 0 Å². The smallest absolute Gasteiger partial charge is 0.153 e. The van der Waals surface area contributed by atoms with Crippen molar-refractivity contribution in [3.63, 3.8) is 0 Å². The van der Waals surface area contributed by atoms with Crippen LogP contribution in [0.15, 0.2) is 87.8 Å². The summed E-state index contributed by atoms with van der Waals surface area (Å²) in [5, 5.41) is 2.47. The van der Waals surface area contributed by atoms with Gasteiger partial charge >= 0.3 is 0 Å². The summed E-state index contributed by atoms with van der Waals surface area (Å²) >= 11 is 7.46. The highest BCUT2D eigenvalue weighted by molar-refractivity contribution is 9.10. The quantitative estimate of drug-likeness (QED) is 0.159. The van der Waals surface area contributed by atoms with Gasteiger partial charge in [-0.1, -0.05) is 67.8 Å². The van der Waals surface area contributed by atoms with E-state index in [1.165, 1.54) is 49.6 Å². The average Bonchev–Trinajstić information content (AvgIpc) is 2.73. The van der Waals surface area contributed by atoms with E-state index in [1.54, 1.807) is 0 Å². The second kappa shape index (κ2) is 7.89. The molecule has 0 spiro atoms. The molecule has 0 amide bonds. The number of halogens is 2. The molecule has 3 heteroatoms. The van der Waals surface area contributed by atoms with Crippen molar-refractivity contribution < 1.29 is 4.57 Å². The van der Waals surface area contributed by atoms with E-state index in [9.17, 15) is 0 Å². The maximum Gasteiger partial charge on any atom is 0.219 e. The van der Waals surface area contributed by atoms with Gasteiger partial charge < -0.3 is 0 Å². The van der Waals surface area contributed by atoms with Crippen LogP contribution in [-0.4, -0.2) is 0 Å². The molecule has 152 valence electrons. The summed E-state index contributed by atoms with van der Waals surface area (Å²) in [5.41, 5.74) is 10.1. The molecule has 1 aromatic heterocycles. The number of nitrogens with zero attached hydrogens (tertiary/aromatic N) is 1. The first-order chi connectivity index (χ1) is 14.9. The van der Waals surface area contributed by atoms with E-state index < -0.39 is 0 Å². The van der Waals surface area contributed by atoms with E-state index in [0.29, 0.717) is 0 Å². The first-order valence-corrected chi connectivity index (χ1v) is 11.9. The number of rotatable bonds is 2. The first kappa shape index (κ1) is 20.4. The Morgan fingerprint density at radius 3 is 1.61 bits per heavy atom.